The van der Waals surface area contributed by atoms with Gasteiger partial charge in [-0.15, -0.1) is 0 Å². The van der Waals surface area contributed by atoms with E-state index in [1.165, 1.54) is 0 Å². The van der Waals surface area contributed by atoms with E-state index in [0.29, 0.717) is 24.5 Å². The van der Waals surface area contributed by atoms with Gasteiger partial charge in [0, 0.05) is 12.1 Å². The molecule has 0 saturated heterocycles. The number of amides is 1. The molecule has 1 amide bonds. The largest absolute Gasteiger partial charge is 0.508 e. The lowest BCUT2D eigenvalue weighted by molar-refractivity contribution is 0.0951. The third-order valence-electron chi connectivity index (χ3n) is 2.99. The van der Waals surface area contributed by atoms with Gasteiger partial charge in [0.15, 0.2) is 0 Å². The van der Waals surface area contributed by atoms with Crippen LogP contribution in [0.5, 0.6) is 11.5 Å². The van der Waals surface area contributed by atoms with Gasteiger partial charge in [0.1, 0.15) is 18.1 Å². The van der Waals surface area contributed by atoms with E-state index in [4.69, 9.17) is 4.74 Å². The smallest absolute Gasteiger partial charge is 0.251 e. The molecule has 0 aliphatic carbocycles. The minimum atomic E-state index is -0.153. The fraction of sp³-hybridized carbons (Fsp3) is 0.167. The highest BCUT2D eigenvalue weighted by Gasteiger charge is 2.05. The summed E-state index contributed by atoms with van der Waals surface area (Å²) in [5.41, 5.74) is 2.43. The van der Waals surface area contributed by atoms with Crippen molar-refractivity contribution in [2.24, 2.45) is 0 Å². The Kier molecular flexibility index (Phi) is 5.20. The maximum Gasteiger partial charge on any atom is 0.251 e. The Morgan fingerprint density at radius 2 is 1.77 bits per heavy atom. The molecule has 0 unspecified atom stereocenters. The summed E-state index contributed by atoms with van der Waals surface area (Å²) in [5, 5.41) is 12.0. The van der Waals surface area contributed by atoms with Crippen LogP contribution >= 0.6 is 0 Å². The SMILES string of the molecule is C=C(C)COc1ccc(C(=O)NCc2ccc(O)cc2)cc1. The van der Waals surface area contributed by atoms with Gasteiger partial charge < -0.3 is 15.2 Å². The van der Waals surface area contributed by atoms with E-state index in [1.807, 2.05) is 6.92 Å². The Balaban J connectivity index is 1.89. The van der Waals surface area contributed by atoms with Crippen molar-refractivity contribution in [3.8, 4) is 11.5 Å². The second-order valence-electron chi connectivity index (χ2n) is 5.12. The number of hydrogen-bond donors (Lipinski definition) is 2. The summed E-state index contributed by atoms with van der Waals surface area (Å²) < 4.78 is 5.49. The summed E-state index contributed by atoms with van der Waals surface area (Å²) in [6.45, 7) is 6.54. The van der Waals surface area contributed by atoms with Crippen molar-refractivity contribution in [2.45, 2.75) is 13.5 Å². The van der Waals surface area contributed by atoms with Gasteiger partial charge >= 0.3 is 0 Å². The average Bonchev–Trinajstić information content (AvgIpc) is 2.52. The Morgan fingerprint density at radius 1 is 1.14 bits per heavy atom. The zero-order valence-electron chi connectivity index (χ0n) is 12.5. The van der Waals surface area contributed by atoms with E-state index < -0.39 is 0 Å². The number of nitrogens with one attached hydrogen (secondary N) is 1. The summed E-state index contributed by atoms with van der Waals surface area (Å²) in [4.78, 5) is 12.0. The van der Waals surface area contributed by atoms with Crippen molar-refractivity contribution in [3.05, 3.63) is 71.8 Å². The van der Waals surface area contributed by atoms with Crippen molar-refractivity contribution < 1.29 is 14.6 Å². The highest BCUT2D eigenvalue weighted by molar-refractivity contribution is 5.94. The Labute approximate surface area is 130 Å². The van der Waals surface area contributed by atoms with Gasteiger partial charge in [-0.05, 0) is 54.5 Å². The molecule has 0 aliphatic rings. The molecule has 114 valence electrons. The van der Waals surface area contributed by atoms with E-state index in [0.717, 1.165) is 11.1 Å². The van der Waals surface area contributed by atoms with Crippen LogP contribution in [0.4, 0.5) is 0 Å². The van der Waals surface area contributed by atoms with Gasteiger partial charge in [0.25, 0.3) is 5.91 Å². The number of hydrogen-bond acceptors (Lipinski definition) is 3. The van der Waals surface area contributed by atoms with Crippen LogP contribution in [0.2, 0.25) is 0 Å². The molecule has 4 nitrogen and oxygen atoms in total. The summed E-state index contributed by atoms with van der Waals surface area (Å²) in [6.07, 6.45) is 0. The van der Waals surface area contributed by atoms with Crippen LogP contribution in [0, 0.1) is 0 Å². The highest BCUT2D eigenvalue weighted by Crippen LogP contribution is 2.13. The van der Waals surface area contributed by atoms with Gasteiger partial charge in [0.2, 0.25) is 0 Å². The van der Waals surface area contributed by atoms with Crippen molar-refractivity contribution >= 4 is 5.91 Å². The average molecular weight is 297 g/mol. The van der Waals surface area contributed by atoms with Gasteiger partial charge in [-0.2, -0.15) is 0 Å². The fourth-order valence-electron chi connectivity index (χ4n) is 1.81. The minimum Gasteiger partial charge on any atom is -0.508 e. The summed E-state index contributed by atoms with van der Waals surface area (Å²) in [6, 6.07) is 13.7. The first-order valence-corrected chi connectivity index (χ1v) is 6.98. The van der Waals surface area contributed by atoms with Gasteiger partial charge in [-0.3, -0.25) is 4.79 Å². The summed E-state index contributed by atoms with van der Waals surface area (Å²) in [5.74, 6) is 0.762. The number of carbonyl (C=O) groups is 1. The van der Waals surface area contributed by atoms with Crippen molar-refractivity contribution in [2.75, 3.05) is 6.61 Å². The van der Waals surface area contributed by atoms with Gasteiger partial charge in [-0.1, -0.05) is 18.7 Å². The van der Waals surface area contributed by atoms with E-state index in [2.05, 4.69) is 11.9 Å². The van der Waals surface area contributed by atoms with Gasteiger partial charge in [0.05, 0.1) is 0 Å². The van der Waals surface area contributed by atoms with Gasteiger partial charge in [-0.25, -0.2) is 0 Å². The second kappa shape index (κ2) is 7.31. The maximum absolute atomic E-state index is 12.0. The Morgan fingerprint density at radius 3 is 2.36 bits per heavy atom. The van der Waals surface area contributed by atoms with E-state index in [-0.39, 0.29) is 11.7 Å². The number of ether oxygens (including phenoxy) is 1. The number of aromatic hydroxyl groups is 1. The second-order valence-corrected chi connectivity index (χ2v) is 5.12. The summed E-state index contributed by atoms with van der Waals surface area (Å²) >= 11 is 0. The molecule has 0 fully saturated rings. The molecule has 22 heavy (non-hydrogen) atoms. The van der Waals surface area contributed by atoms with E-state index in [1.54, 1.807) is 48.5 Å². The molecule has 0 heterocycles. The fourth-order valence-corrected chi connectivity index (χ4v) is 1.81. The third kappa shape index (κ3) is 4.66. The molecule has 0 spiro atoms. The van der Waals surface area contributed by atoms with Crippen molar-refractivity contribution in [1.82, 2.24) is 5.32 Å². The van der Waals surface area contributed by atoms with Crippen LogP contribution in [0.15, 0.2) is 60.7 Å². The molecule has 2 aromatic rings. The van der Waals surface area contributed by atoms with E-state index >= 15 is 0 Å². The highest BCUT2D eigenvalue weighted by atomic mass is 16.5. The molecule has 2 aromatic carbocycles. The molecular weight excluding hydrogens is 278 g/mol. The van der Waals surface area contributed by atoms with Crippen LogP contribution in [0.3, 0.4) is 0 Å². The standard InChI is InChI=1S/C18H19NO3/c1-13(2)12-22-17-9-5-15(6-10-17)18(21)19-11-14-3-7-16(20)8-4-14/h3-10,20H,1,11-12H2,2H3,(H,19,21). The first-order chi connectivity index (χ1) is 10.5. The lowest BCUT2D eigenvalue weighted by Gasteiger charge is -2.08. The zero-order chi connectivity index (χ0) is 15.9. The van der Waals surface area contributed by atoms with Crippen LogP contribution in [-0.2, 0) is 6.54 Å². The quantitative estimate of drug-likeness (QED) is 0.804. The molecule has 0 atom stereocenters. The van der Waals surface area contributed by atoms with Crippen molar-refractivity contribution in [1.29, 1.82) is 0 Å². The molecular formula is C18H19NO3. The van der Waals surface area contributed by atoms with Crippen LogP contribution in [0.25, 0.3) is 0 Å². The molecule has 0 aromatic heterocycles. The molecule has 0 saturated carbocycles. The predicted octanol–water partition coefficient (Wildman–Crippen LogP) is 3.28. The lowest BCUT2D eigenvalue weighted by atomic mass is 10.2. The molecule has 0 aliphatic heterocycles. The van der Waals surface area contributed by atoms with Crippen LogP contribution in [0.1, 0.15) is 22.8 Å². The number of phenolic OH excluding ortho intramolecular Hbond substituents is 1. The lowest BCUT2D eigenvalue weighted by Crippen LogP contribution is -2.22. The Bertz CT molecular complexity index is 645. The monoisotopic (exact) mass is 297 g/mol. The molecule has 4 heteroatoms. The Hall–Kier alpha value is -2.75. The minimum absolute atomic E-state index is 0.153. The first kappa shape index (κ1) is 15.6. The number of phenols is 1. The molecule has 2 N–H and O–H groups in total. The number of carbonyl (C=O) groups excluding carboxylic acids is 1. The maximum atomic E-state index is 12.0. The number of rotatable bonds is 6. The third-order valence-corrected chi connectivity index (χ3v) is 2.99. The number of benzene rings is 2. The van der Waals surface area contributed by atoms with Crippen molar-refractivity contribution in [3.63, 3.8) is 0 Å². The van der Waals surface area contributed by atoms with Crippen LogP contribution < -0.4 is 10.1 Å². The first-order valence-electron chi connectivity index (χ1n) is 6.98. The molecule has 0 bridgehead atoms. The molecule has 2 rings (SSSR count). The zero-order valence-corrected chi connectivity index (χ0v) is 12.5. The molecule has 0 radical (unpaired) electrons. The summed E-state index contributed by atoms with van der Waals surface area (Å²) in [7, 11) is 0. The van der Waals surface area contributed by atoms with Crippen LogP contribution in [-0.4, -0.2) is 17.6 Å². The topological polar surface area (TPSA) is 58.6 Å². The predicted molar refractivity (Wildman–Crippen MR) is 86.0 cm³/mol. The van der Waals surface area contributed by atoms with E-state index in [9.17, 15) is 9.90 Å². The normalized spacial score (nSPS) is 10.0.